The van der Waals surface area contributed by atoms with Crippen LogP contribution in [0.1, 0.15) is 17.0 Å². The first-order valence-corrected chi connectivity index (χ1v) is 8.80. The van der Waals surface area contributed by atoms with Crippen molar-refractivity contribution in [3.8, 4) is 11.4 Å². The monoisotopic (exact) mass is 372 g/mol. The van der Waals surface area contributed by atoms with E-state index in [1.54, 1.807) is 12.1 Å². The molecular weight excluding hydrogens is 355 g/mol. The first kappa shape index (κ1) is 17.6. The largest absolute Gasteiger partial charge is 0.292 e. The lowest BCUT2D eigenvalue weighted by atomic mass is 9.90. The number of aromatic amines is 1. The Labute approximate surface area is 161 Å². The molecule has 1 heterocycles. The predicted molar refractivity (Wildman–Crippen MR) is 105 cm³/mol. The molecule has 28 heavy (non-hydrogen) atoms. The van der Waals surface area contributed by atoms with Crippen LogP contribution >= 0.6 is 0 Å². The lowest BCUT2D eigenvalue weighted by molar-refractivity contribution is -0.116. The first-order valence-electron chi connectivity index (χ1n) is 8.80. The Morgan fingerprint density at radius 2 is 1.43 bits per heavy atom. The molecule has 5 nitrogen and oxygen atoms in total. The third kappa shape index (κ3) is 3.81. The fraction of sp³-hybridized carbons (Fsp3) is 0.0455. The van der Waals surface area contributed by atoms with Crippen LogP contribution in [0, 0.1) is 5.82 Å². The van der Waals surface area contributed by atoms with Crippen LogP contribution in [0.4, 0.5) is 10.3 Å². The van der Waals surface area contributed by atoms with E-state index < -0.39 is 5.92 Å². The summed E-state index contributed by atoms with van der Waals surface area (Å²) in [5.41, 5.74) is 2.43. The summed E-state index contributed by atoms with van der Waals surface area (Å²) in [6.07, 6.45) is 0. The highest BCUT2D eigenvalue weighted by atomic mass is 19.1. The number of benzene rings is 3. The highest BCUT2D eigenvalue weighted by Crippen LogP contribution is 2.26. The number of hydrogen-bond acceptors (Lipinski definition) is 3. The maximum Gasteiger partial charge on any atom is 0.249 e. The van der Waals surface area contributed by atoms with Gasteiger partial charge < -0.3 is 0 Å². The zero-order valence-corrected chi connectivity index (χ0v) is 14.8. The van der Waals surface area contributed by atoms with Crippen molar-refractivity contribution in [1.29, 1.82) is 0 Å². The van der Waals surface area contributed by atoms with E-state index in [0.29, 0.717) is 11.4 Å². The van der Waals surface area contributed by atoms with Crippen LogP contribution < -0.4 is 5.32 Å². The molecule has 0 atom stereocenters. The summed E-state index contributed by atoms with van der Waals surface area (Å²) >= 11 is 0. The van der Waals surface area contributed by atoms with Crippen LogP contribution in [0.5, 0.6) is 0 Å². The van der Waals surface area contributed by atoms with Gasteiger partial charge in [-0.3, -0.25) is 15.2 Å². The number of nitrogens with zero attached hydrogens (tertiary/aromatic N) is 2. The highest BCUT2D eigenvalue weighted by Gasteiger charge is 2.23. The molecular formula is C22H17FN4O. The van der Waals surface area contributed by atoms with E-state index in [1.807, 2.05) is 60.7 Å². The minimum Gasteiger partial charge on any atom is -0.292 e. The van der Waals surface area contributed by atoms with Crippen LogP contribution in [0.25, 0.3) is 11.4 Å². The van der Waals surface area contributed by atoms with Gasteiger partial charge in [0.05, 0.1) is 5.92 Å². The Morgan fingerprint density at radius 1 is 0.857 bits per heavy atom. The maximum absolute atomic E-state index is 13.1. The summed E-state index contributed by atoms with van der Waals surface area (Å²) in [7, 11) is 0. The standard InChI is InChI=1S/C22H17FN4O/c23-18-13-11-17(12-14-18)20-24-22(27-26-20)25-21(28)19(15-7-3-1-4-8-15)16-9-5-2-6-10-16/h1-14,19H,(H2,24,25,26,27,28). The molecule has 4 aromatic rings. The molecule has 1 aromatic heterocycles. The van der Waals surface area contributed by atoms with Crippen molar-refractivity contribution < 1.29 is 9.18 Å². The van der Waals surface area contributed by atoms with Crippen molar-refractivity contribution in [2.24, 2.45) is 0 Å². The van der Waals surface area contributed by atoms with Crippen molar-refractivity contribution in [2.75, 3.05) is 5.32 Å². The van der Waals surface area contributed by atoms with Gasteiger partial charge in [-0.2, -0.15) is 4.98 Å². The molecule has 0 aliphatic heterocycles. The number of carbonyl (C=O) groups excluding carboxylic acids is 1. The smallest absolute Gasteiger partial charge is 0.249 e. The molecule has 0 fully saturated rings. The molecule has 4 rings (SSSR count). The van der Waals surface area contributed by atoms with Gasteiger partial charge in [-0.25, -0.2) is 4.39 Å². The number of anilines is 1. The van der Waals surface area contributed by atoms with Crippen LogP contribution in [-0.4, -0.2) is 21.1 Å². The van der Waals surface area contributed by atoms with Gasteiger partial charge in [0.2, 0.25) is 11.9 Å². The Bertz CT molecular complexity index is 1020. The molecule has 6 heteroatoms. The Kier molecular flexibility index (Phi) is 4.93. The summed E-state index contributed by atoms with van der Waals surface area (Å²) < 4.78 is 13.1. The van der Waals surface area contributed by atoms with Crippen LogP contribution in [0.3, 0.4) is 0 Å². The Hall–Kier alpha value is -3.80. The first-order chi connectivity index (χ1) is 13.7. The topological polar surface area (TPSA) is 70.7 Å². The average molecular weight is 372 g/mol. The van der Waals surface area contributed by atoms with Gasteiger partial charge >= 0.3 is 0 Å². The zero-order valence-electron chi connectivity index (χ0n) is 14.8. The molecule has 3 aromatic carbocycles. The second-order valence-electron chi connectivity index (χ2n) is 6.26. The molecule has 0 bridgehead atoms. The molecule has 138 valence electrons. The third-order valence-corrected chi connectivity index (χ3v) is 4.37. The molecule has 0 saturated heterocycles. The number of nitrogens with one attached hydrogen (secondary N) is 2. The lowest BCUT2D eigenvalue weighted by Crippen LogP contribution is -2.22. The normalized spacial score (nSPS) is 10.8. The second kappa shape index (κ2) is 7.84. The quantitative estimate of drug-likeness (QED) is 0.546. The van der Waals surface area contributed by atoms with E-state index in [2.05, 4.69) is 20.5 Å². The molecule has 2 N–H and O–H groups in total. The Morgan fingerprint density at radius 3 is 2.00 bits per heavy atom. The Balaban J connectivity index is 1.59. The van der Waals surface area contributed by atoms with Crippen molar-refractivity contribution in [2.45, 2.75) is 5.92 Å². The lowest BCUT2D eigenvalue weighted by Gasteiger charge is -2.16. The number of amides is 1. The van der Waals surface area contributed by atoms with Crippen molar-refractivity contribution in [3.63, 3.8) is 0 Å². The zero-order chi connectivity index (χ0) is 19.3. The van der Waals surface area contributed by atoms with E-state index in [4.69, 9.17) is 0 Å². The molecule has 1 amide bonds. The van der Waals surface area contributed by atoms with E-state index in [1.165, 1.54) is 12.1 Å². The third-order valence-electron chi connectivity index (χ3n) is 4.37. The summed E-state index contributed by atoms with van der Waals surface area (Å²) in [6.45, 7) is 0. The number of halogens is 1. The minimum atomic E-state index is -0.491. The molecule has 0 aliphatic carbocycles. The summed E-state index contributed by atoms with van der Waals surface area (Å²) in [5.74, 6) is -0.435. The van der Waals surface area contributed by atoms with Gasteiger partial charge in [-0.15, -0.1) is 5.10 Å². The second-order valence-corrected chi connectivity index (χ2v) is 6.26. The van der Waals surface area contributed by atoms with Crippen LogP contribution in [0.15, 0.2) is 84.9 Å². The van der Waals surface area contributed by atoms with E-state index in [-0.39, 0.29) is 17.7 Å². The molecule has 0 spiro atoms. The molecule has 0 aliphatic rings. The van der Waals surface area contributed by atoms with E-state index in [9.17, 15) is 9.18 Å². The highest BCUT2D eigenvalue weighted by molar-refractivity contribution is 5.97. The molecule has 0 radical (unpaired) electrons. The predicted octanol–water partition coefficient (Wildman–Crippen LogP) is 4.38. The maximum atomic E-state index is 13.1. The van der Waals surface area contributed by atoms with Crippen molar-refractivity contribution in [1.82, 2.24) is 15.2 Å². The van der Waals surface area contributed by atoms with E-state index >= 15 is 0 Å². The SMILES string of the molecule is O=C(Nc1n[nH]c(-c2ccc(F)cc2)n1)C(c1ccccc1)c1ccccc1. The summed E-state index contributed by atoms with van der Waals surface area (Å²) in [6, 6.07) is 25.0. The van der Waals surface area contributed by atoms with Gasteiger partial charge in [0.15, 0.2) is 5.82 Å². The van der Waals surface area contributed by atoms with Crippen LogP contribution in [-0.2, 0) is 4.79 Å². The number of rotatable bonds is 5. The van der Waals surface area contributed by atoms with Gasteiger partial charge in [0.1, 0.15) is 5.82 Å². The van der Waals surface area contributed by atoms with E-state index in [0.717, 1.165) is 11.1 Å². The molecule has 0 saturated carbocycles. The fourth-order valence-corrected chi connectivity index (χ4v) is 3.02. The van der Waals surface area contributed by atoms with Gasteiger partial charge in [0.25, 0.3) is 0 Å². The van der Waals surface area contributed by atoms with Crippen molar-refractivity contribution in [3.05, 3.63) is 102 Å². The van der Waals surface area contributed by atoms with Gasteiger partial charge in [0, 0.05) is 5.56 Å². The van der Waals surface area contributed by atoms with Crippen LogP contribution in [0.2, 0.25) is 0 Å². The fourth-order valence-electron chi connectivity index (χ4n) is 3.02. The van der Waals surface area contributed by atoms with Crippen molar-refractivity contribution >= 4 is 11.9 Å². The summed E-state index contributed by atoms with van der Waals surface area (Å²) in [4.78, 5) is 17.3. The average Bonchev–Trinajstić information content (AvgIpc) is 3.19. The number of hydrogen-bond donors (Lipinski definition) is 2. The number of aromatic nitrogens is 3. The van der Waals surface area contributed by atoms with Gasteiger partial charge in [-0.1, -0.05) is 60.7 Å². The summed E-state index contributed by atoms with van der Waals surface area (Å²) in [5, 5.41) is 9.60. The molecule has 0 unspecified atom stereocenters. The number of H-pyrrole nitrogens is 1. The minimum absolute atomic E-state index is 0.168. The van der Waals surface area contributed by atoms with Gasteiger partial charge in [-0.05, 0) is 35.4 Å². The number of carbonyl (C=O) groups is 1.